The van der Waals surface area contributed by atoms with Crippen LogP contribution in [0.2, 0.25) is 0 Å². The van der Waals surface area contributed by atoms with Crippen molar-refractivity contribution in [2.75, 3.05) is 0 Å². The van der Waals surface area contributed by atoms with Gasteiger partial charge in [0.2, 0.25) is 0 Å². The highest BCUT2D eigenvalue weighted by molar-refractivity contribution is 5.72. The molecular weight excluding hydrogens is 295 g/mol. The summed E-state index contributed by atoms with van der Waals surface area (Å²) in [6, 6.07) is 8.42. The Morgan fingerprint density at radius 1 is 0.955 bits per heavy atom. The van der Waals surface area contributed by atoms with Crippen LogP contribution in [-0.2, 0) is 6.61 Å². The first-order valence-corrected chi connectivity index (χ1v) is 6.41. The van der Waals surface area contributed by atoms with E-state index in [1.807, 2.05) is 0 Å². The minimum atomic E-state index is -0.811. The zero-order valence-electron chi connectivity index (χ0n) is 11.2. The van der Waals surface area contributed by atoms with Crippen molar-refractivity contribution in [1.82, 2.24) is 5.16 Å². The van der Waals surface area contributed by atoms with Gasteiger partial charge in [-0.3, -0.25) is 0 Å². The van der Waals surface area contributed by atoms with Gasteiger partial charge in [0.05, 0.1) is 12.2 Å². The minimum absolute atomic E-state index is 0.0163. The Balaban J connectivity index is 2.13. The maximum atomic E-state index is 13.9. The van der Waals surface area contributed by atoms with Gasteiger partial charge in [0, 0.05) is 17.2 Å². The van der Waals surface area contributed by atoms with Crippen molar-refractivity contribution in [3.63, 3.8) is 0 Å². The zero-order chi connectivity index (χ0) is 15.7. The molecule has 3 nitrogen and oxygen atoms in total. The number of rotatable bonds is 3. The van der Waals surface area contributed by atoms with Crippen LogP contribution < -0.4 is 0 Å². The Morgan fingerprint density at radius 3 is 2.27 bits per heavy atom. The number of hydrogen-bond acceptors (Lipinski definition) is 3. The third kappa shape index (κ3) is 2.48. The third-order valence-electron chi connectivity index (χ3n) is 3.24. The van der Waals surface area contributed by atoms with E-state index in [0.29, 0.717) is 5.56 Å². The number of aromatic nitrogens is 1. The van der Waals surface area contributed by atoms with Gasteiger partial charge in [-0.05, 0) is 36.4 Å². The smallest absolute Gasteiger partial charge is 0.173 e. The van der Waals surface area contributed by atoms with Crippen LogP contribution in [0.5, 0.6) is 0 Å². The van der Waals surface area contributed by atoms with Crippen LogP contribution in [0.15, 0.2) is 47.0 Å². The second kappa shape index (κ2) is 5.65. The van der Waals surface area contributed by atoms with Crippen molar-refractivity contribution in [2.45, 2.75) is 6.61 Å². The van der Waals surface area contributed by atoms with Crippen molar-refractivity contribution >= 4 is 0 Å². The molecule has 1 heterocycles. The molecule has 0 bridgehead atoms. The highest BCUT2D eigenvalue weighted by atomic mass is 19.1. The standard InChI is InChI=1S/C16H10F3NO2/c17-10-3-1-9(2-4-10)16-13(8-21)15(20-22-16)12-6-5-11(18)7-14(12)19/h1-7,21H,8H2. The van der Waals surface area contributed by atoms with Crippen LogP contribution in [0.1, 0.15) is 5.56 Å². The monoisotopic (exact) mass is 305 g/mol. The van der Waals surface area contributed by atoms with Crippen molar-refractivity contribution < 1.29 is 22.8 Å². The van der Waals surface area contributed by atoms with E-state index in [-0.39, 0.29) is 22.6 Å². The van der Waals surface area contributed by atoms with Gasteiger partial charge in [0.15, 0.2) is 5.76 Å². The molecule has 112 valence electrons. The van der Waals surface area contributed by atoms with Gasteiger partial charge in [-0.1, -0.05) is 5.16 Å². The Hall–Kier alpha value is -2.60. The summed E-state index contributed by atoms with van der Waals surface area (Å²) in [4.78, 5) is 0. The average molecular weight is 305 g/mol. The fourth-order valence-electron chi connectivity index (χ4n) is 2.18. The van der Waals surface area contributed by atoms with Crippen molar-refractivity contribution in [3.8, 4) is 22.6 Å². The number of nitrogens with zero attached hydrogens (tertiary/aromatic N) is 1. The van der Waals surface area contributed by atoms with E-state index in [2.05, 4.69) is 5.16 Å². The minimum Gasteiger partial charge on any atom is -0.391 e. The van der Waals surface area contributed by atoms with Crippen LogP contribution in [-0.4, -0.2) is 10.3 Å². The second-order valence-electron chi connectivity index (χ2n) is 4.63. The molecule has 0 saturated carbocycles. The molecule has 2 aromatic carbocycles. The predicted octanol–water partition coefficient (Wildman–Crippen LogP) is 3.92. The Bertz CT molecular complexity index is 813. The number of halogens is 3. The Kier molecular flexibility index (Phi) is 3.68. The largest absolute Gasteiger partial charge is 0.391 e. The predicted molar refractivity (Wildman–Crippen MR) is 73.2 cm³/mol. The van der Waals surface area contributed by atoms with Crippen molar-refractivity contribution in [3.05, 3.63) is 65.5 Å². The SMILES string of the molecule is OCc1c(-c2ccc(F)cc2F)noc1-c1ccc(F)cc1. The van der Waals surface area contributed by atoms with Gasteiger partial charge >= 0.3 is 0 Å². The fourth-order valence-corrected chi connectivity index (χ4v) is 2.18. The lowest BCUT2D eigenvalue weighted by atomic mass is 10.0. The van der Waals surface area contributed by atoms with E-state index in [1.165, 1.54) is 30.3 Å². The summed E-state index contributed by atoms with van der Waals surface area (Å²) in [6.45, 7) is -0.456. The maximum Gasteiger partial charge on any atom is 0.173 e. The van der Waals surface area contributed by atoms with E-state index < -0.39 is 24.1 Å². The molecule has 0 fully saturated rings. The first-order valence-electron chi connectivity index (χ1n) is 6.41. The lowest BCUT2D eigenvalue weighted by Crippen LogP contribution is -1.92. The molecule has 0 aliphatic carbocycles. The van der Waals surface area contributed by atoms with Gasteiger partial charge in [0.1, 0.15) is 23.1 Å². The van der Waals surface area contributed by atoms with E-state index in [9.17, 15) is 18.3 Å². The van der Waals surface area contributed by atoms with Crippen molar-refractivity contribution in [1.29, 1.82) is 0 Å². The number of benzene rings is 2. The van der Waals surface area contributed by atoms with Crippen LogP contribution in [0, 0.1) is 17.5 Å². The quantitative estimate of drug-likeness (QED) is 0.798. The number of hydrogen-bond donors (Lipinski definition) is 1. The third-order valence-corrected chi connectivity index (χ3v) is 3.24. The van der Waals surface area contributed by atoms with Crippen LogP contribution in [0.3, 0.4) is 0 Å². The lowest BCUT2D eigenvalue weighted by molar-refractivity contribution is 0.281. The molecule has 0 amide bonds. The normalized spacial score (nSPS) is 10.9. The molecule has 0 saturated heterocycles. The molecule has 3 aromatic rings. The van der Waals surface area contributed by atoms with Gasteiger partial charge < -0.3 is 9.63 Å². The Morgan fingerprint density at radius 2 is 1.64 bits per heavy atom. The Labute approximate surface area is 123 Å². The summed E-state index contributed by atoms with van der Waals surface area (Å²) >= 11 is 0. The molecular formula is C16H10F3NO2. The van der Waals surface area contributed by atoms with Crippen LogP contribution in [0.4, 0.5) is 13.2 Å². The topological polar surface area (TPSA) is 46.3 Å². The molecule has 0 radical (unpaired) electrons. The zero-order valence-corrected chi connectivity index (χ0v) is 11.2. The molecule has 0 aliphatic rings. The fraction of sp³-hybridized carbons (Fsp3) is 0.0625. The van der Waals surface area contributed by atoms with E-state index in [4.69, 9.17) is 4.52 Å². The van der Waals surface area contributed by atoms with Crippen molar-refractivity contribution in [2.24, 2.45) is 0 Å². The van der Waals surface area contributed by atoms with Gasteiger partial charge in [-0.25, -0.2) is 13.2 Å². The number of aliphatic hydroxyl groups is 1. The highest BCUT2D eigenvalue weighted by Crippen LogP contribution is 2.33. The molecule has 0 spiro atoms. The van der Waals surface area contributed by atoms with Gasteiger partial charge in [-0.15, -0.1) is 0 Å². The molecule has 0 atom stereocenters. The second-order valence-corrected chi connectivity index (χ2v) is 4.63. The van der Waals surface area contributed by atoms with E-state index in [0.717, 1.165) is 12.1 Å². The van der Waals surface area contributed by atoms with Crippen LogP contribution in [0.25, 0.3) is 22.6 Å². The van der Waals surface area contributed by atoms with E-state index in [1.54, 1.807) is 0 Å². The summed E-state index contributed by atoms with van der Waals surface area (Å²) in [6.07, 6.45) is 0. The molecule has 22 heavy (non-hydrogen) atoms. The molecule has 3 rings (SSSR count). The highest BCUT2D eigenvalue weighted by Gasteiger charge is 2.20. The van der Waals surface area contributed by atoms with E-state index >= 15 is 0 Å². The van der Waals surface area contributed by atoms with Gasteiger partial charge in [0.25, 0.3) is 0 Å². The molecule has 6 heteroatoms. The number of aliphatic hydroxyl groups excluding tert-OH is 1. The summed E-state index contributed by atoms with van der Waals surface area (Å²) in [5, 5.41) is 13.3. The molecule has 1 aromatic heterocycles. The summed E-state index contributed by atoms with van der Waals surface area (Å²) < 4.78 is 45.0. The molecule has 0 unspecified atom stereocenters. The van der Waals surface area contributed by atoms with Gasteiger partial charge in [-0.2, -0.15) is 0 Å². The molecule has 0 aliphatic heterocycles. The van der Waals surface area contributed by atoms with Crippen LogP contribution >= 0.6 is 0 Å². The first kappa shape index (κ1) is 14.3. The first-order chi connectivity index (χ1) is 10.6. The molecule has 1 N–H and O–H groups in total. The lowest BCUT2D eigenvalue weighted by Gasteiger charge is -2.03. The summed E-state index contributed by atoms with van der Waals surface area (Å²) in [5.74, 6) is -1.73. The maximum absolute atomic E-state index is 13.9. The summed E-state index contributed by atoms with van der Waals surface area (Å²) in [7, 11) is 0. The average Bonchev–Trinajstić information content (AvgIpc) is 2.91. The summed E-state index contributed by atoms with van der Waals surface area (Å²) in [5.41, 5.74) is 0.839.